The maximum atomic E-state index is 11.0. The third-order valence-corrected chi connectivity index (χ3v) is 2.73. The first kappa shape index (κ1) is 11.0. The molecule has 2 nitrogen and oxygen atoms in total. The Hall–Kier alpha value is -1.05. The second kappa shape index (κ2) is 3.26. The Kier molecular flexibility index (Phi) is 2.57. The molecule has 0 fully saturated rings. The molecule has 0 amide bonds. The number of rotatable bonds is 1. The second-order valence-corrected chi connectivity index (χ2v) is 5.17. The smallest absolute Gasteiger partial charge is 0.313 e. The molecule has 1 atom stereocenters. The molecule has 1 unspecified atom stereocenters. The molecule has 1 aliphatic carbocycles. The third-order valence-electron chi connectivity index (χ3n) is 2.73. The van der Waals surface area contributed by atoms with Crippen LogP contribution in [0.4, 0.5) is 0 Å². The van der Waals surface area contributed by atoms with Crippen LogP contribution in [0.15, 0.2) is 23.8 Å². The number of carboxylic acid groups (broad SMARTS) is 1. The highest BCUT2D eigenvalue weighted by atomic mass is 16.4. The van der Waals surface area contributed by atoms with Gasteiger partial charge < -0.3 is 5.11 Å². The maximum absolute atomic E-state index is 11.0. The van der Waals surface area contributed by atoms with Crippen molar-refractivity contribution < 1.29 is 9.90 Å². The van der Waals surface area contributed by atoms with Crippen molar-refractivity contribution in [1.82, 2.24) is 0 Å². The lowest BCUT2D eigenvalue weighted by Gasteiger charge is -2.28. The molecule has 0 heterocycles. The Morgan fingerprint density at radius 2 is 2.07 bits per heavy atom. The van der Waals surface area contributed by atoms with Gasteiger partial charge in [0, 0.05) is 0 Å². The molecule has 1 aliphatic rings. The van der Waals surface area contributed by atoms with Crippen molar-refractivity contribution in [3.8, 4) is 0 Å². The van der Waals surface area contributed by atoms with Gasteiger partial charge >= 0.3 is 5.97 Å². The van der Waals surface area contributed by atoms with Crippen LogP contribution in [0.25, 0.3) is 0 Å². The van der Waals surface area contributed by atoms with Crippen molar-refractivity contribution in [3.63, 3.8) is 0 Å². The molecule has 14 heavy (non-hydrogen) atoms. The first-order valence-electron chi connectivity index (χ1n) is 4.89. The van der Waals surface area contributed by atoms with Crippen molar-refractivity contribution in [2.45, 2.75) is 34.1 Å². The van der Waals surface area contributed by atoms with Gasteiger partial charge in [0.1, 0.15) is 0 Å². The summed E-state index contributed by atoms with van der Waals surface area (Å²) in [5.74, 6) is -0.752. The molecule has 1 rings (SSSR count). The van der Waals surface area contributed by atoms with E-state index in [0.29, 0.717) is 6.42 Å². The zero-order chi connectivity index (χ0) is 11.0. The van der Waals surface area contributed by atoms with Crippen molar-refractivity contribution in [2.75, 3.05) is 0 Å². The molecule has 0 radical (unpaired) electrons. The molecule has 1 N–H and O–H groups in total. The summed E-state index contributed by atoms with van der Waals surface area (Å²) < 4.78 is 0. The van der Waals surface area contributed by atoms with Crippen LogP contribution in [0.2, 0.25) is 0 Å². The van der Waals surface area contributed by atoms with E-state index in [1.54, 1.807) is 13.0 Å². The minimum Gasteiger partial charge on any atom is -0.481 e. The molecule has 0 spiro atoms. The molecule has 2 heteroatoms. The highest BCUT2D eigenvalue weighted by Gasteiger charge is 2.32. The molecule has 0 bridgehead atoms. The molecular weight excluding hydrogens is 176 g/mol. The van der Waals surface area contributed by atoms with Gasteiger partial charge in [0.15, 0.2) is 0 Å². The lowest BCUT2D eigenvalue weighted by atomic mass is 9.76. The summed E-state index contributed by atoms with van der Waals surface area (Å²) in [6.07, 6.45) is 6.37. The van der Waals surface area contributed by atoms with Crippen LogP contribution in [0.5, 0.6) is 0 Å². The number of aliphatic carboxylic acids is 1. The molecule has 0 saturated carbocycles. The van der Waals surface area contributed by atoms with Gasteiger partial charge in [-0.15, -0.1) is 0 Å². The van der Waals surface area contributed by atoms with Crippen LogP contribution in [-0.4, -0.2) is 11.1 Å². The summed E-state index contributed by atoms with van der Waals surface area (Å²) >= 11 is 0. The first-order valence-corrected chi connectivity index (χ1v) is 4.89. The van der Waals surface area contributed by atoms with Gasteiger partial charge in [-0.1, -0.05) is 39.0 Å². The van der Waals surface area contributed by atoms with Gasteiger partial charge in [-0.2, -0.15) is 0 Å². The second-order valence-electron chi connectivity index (χ2n) is 5.17. The summed E-state index contributed by atoms with van der Waals surface area (Å²) in [5, 5.41) is 9.01. The Morgan fingerprint density at radius 3 is 2.36 bits per heavy atom. The first-order chi connectivity index (χ1) is 6.26. The van der Waals surface area contributed by atoms with Crippen molar-refractivity contribution in [2.24, 2.45) is 10.8 Å². The fourth-order valence-corrected chi connectivity index (χ4v) is 1.45. The average molecular weight is 194 g/mol. The predicted molar refractivity (Wildman–Crippen MR) is 57.0 cm³/mol. The normalized spacial score (nSPS) is 27.3. The van der Waals surface area contributed by atoms with E-state index in [0.717, 1.165) is 0 Å². The van der Waals surface area contributed by atoms with E-state index >= 15 is 0 Å². The standard InChI is InChI=1S/C12H18O2/c1-11(2,3)9-5-7-12(4,8-6-9)10(13)14/h5-7H,8H2,1-4H3,(H,13,14). The van der Waals surface area contributed by atoms with Crippen LogP contribution < -0.4 is 0 Å². The maximum Gasteiger partial charge on any atom is 0.313 e. The highest BCUT2D eigenvalue weighted by molar-refractivity contribution is 5.77. The topological polar surface area (TPSA) is 37.3 Å². The number of carbonyl (C=O) groups is 1. The summed E-state index contributed by atoms with van der Waals surface area (Å²) in [7, 11) is 0. The van der Waals surface area contributed by atoms with Crippen LogP contribution in [0.3, 0.4) is 0 Å². The van der Waals surface area contributed by atoms with Crippen molar-refractivity contribution in [1.29, 1.82) is 0 Å². The number of hydrogen-bond donors (Lipinski definition) is 1. The van der Waals surface area contributed by atoms with E-state index in [2.05, 4.69) is 20.8 Å². The van der Waals surface area contributed by atoms with Gasteiger partial charge in [0.05, 0.1) is 5.41 Å². The molecule has 0 saturated heterocycles. The van der Waals surface area contributed by atoms with Crippen LogP contribution >= 0.6 is 0 Å². The van der Waals surface area contributed by atoms with Gasteiger partial charge in [-0.25, -0.2) is 0 Å². The van der Waals surface area contributed by atoms with E-state index in [-0.39, 0.29) is 5.41 Å². The van der Waals surface area contributed by atoms with Gasteiger partial charge in [0.25, 0.3) is 0 Å². The summed E-state index contributed by atoms with van der Waals surface area (Å²) in [6, 6.07) is 0. The van der Waals surface area contributed by atoms with E-state index in [9.17, 15) is 4.79 Å². The minimum atomic E-state index is -0.752. The number of carboxylic acids is 1. The van der Waals surface area contributed by atoms with Crippen molar-refractivity contribution >= 4 is 5.97 Å². The molecule has 0 aromatic rings. The molecular formula is C12H18O2. The average Bonchev–Trinajstić information content (AvgIpc) is 2.03. The summed E-state index contributed by atoms with van der Waals surface area (Å²) in [4.78, 5) is 11.0. The lowest BCUT2D eigenvalue weighted by molar-refractivity contribution is -0.145. The minimum absolute atomic E-state index is 0.107. The summed E-state index contributed by atoms with van der Waals surface area (Å²) in [6.45, 7) is 8.15. The molecule has 0 aromatic heterocycles. The van der Waals surface area contributed by atoms with Crippen LogP contribution in [0.1, 0.15) is 34.1 Å². The number of hydrogen-bond acceptors (Lipinski definition) is 1. The highest BCUT2D eigenvalue weighted by Crippen LogP contribution is 2.35. The summed E-state index contributed by atoms with van der Waals surface area (Å²) in [5.41, 5.74) is 0.613. The monoisotopic (exact) mass is 194 g/mol. The zero-order valence-corrected chi connectivity index (χ0v) is 9.29. The van der Waals surface area contributed by atoms with E-state index in [1.807, 2.05) is 12.2 Å². The molecule has 0 aliphatic heterocycles. The fraction of sp³-hybridized carbons (Fsp3) is 0.583. The van der Waals surface area contributed by atoms with Gasteiger partial charge in [0.2, 0.25) is 0 Å². The fourth-order valence-electron chi connectivity index (χ4n) is 1.45. The largest absolute Gasteiger partial charge is 0.481 e. The quantitative estimate of drug-likeness (QED) is 0.696. The van der Waals surface area contributed by atoms with Crippen LogP contribution in [-0.2, 0) is 4.79 Å². The SMILES string of the molecule is CC(C)(C)C1=CCC(C)(C(=O)O)C=C1. The third kappa shape index (κ3) is 2.06. The number of allylic oxidation sites excluding steroid dienone is 3. The molecule has 0 aromatic carbocycles. The van der Waals surface area contributed by atoms with E-state index in [4.69, 9.17) is 5.11 Å². The lowest BCUT2D eigenvalue weighted by Crippen LogP contribution is -2.27. The zero-order valence-electron chi connectivity index (χ0n) is 9.29. The van der Waals surface area contributed by atoms with E-state index < -0.39 is 11.4 Å². The van der Waals surface area contributed by atoms with Crippen LogP contribution in [0, 0.1) is 10.8 Å². The Labute approximate surface area is 85.3 Å². The Morgan fingerprint density at radius 1 is 1.50 bits per heavy atom. The van der Waals surface area contributed by atoms with Gasteiger partial charge in [-0.05, 0) is 24.3 Å². The van der Waals surface area contributed by atoms with Crippen molar-refractivity contribution in [3.05, 3.63) is 23.8 Å². The predicted octanol–water partition coefficient (Wildman–Crippen LogP) is 3.01. The van der Waals surface area contributed by atoms with E-state index in [1.165, 1.54) is 5.57 Å². The molecule has 78 valence electrons. The van der Waals surface area contributed by atoms with Gasteiger partial charge in [-0.3, -0.25) is 4.79 Å². The Bertz CT molecular complexity index is 305. The Balaban J connectivity index is 2.86.